The lowest BCUT2D eigenvalue weighted by Crippen LogP contribution is -2.10. The van der Waals surface area contributed by atoms with Gasteiger partial charge in [0.1, 0.15) is 18.0 Å². The summed E-state index contributed by atoms with van der Waals surface area (Å²) >= 11 is 0. The van der Waals surface area contributed by atoms with Gasteiger partial charge in [-0.3, -0.25) is 4.79 Å². The average Bonchev–Trinajstić information content (AvgIpc) is 2.35. The molecule has 100 valence electrons. The molecule has 0 amide bonds. The summed E-state index contributed by atoms with van der Waals surface area (Å²) in [5, 5.41) is 14.6. The Morgan fingerprint density at radius 2 is 2.00 bits per heavy atom. The van der Waals surface area contributed by atoms with Crippen LogP contribution < -0.4 is 10.6 Å². The van der Waals surface area contributed by atoms with Gasteiger partial charge in [0.25, 0.3) is 0 Å². The van der Waals surface area contributed by atoms with E-state index < -0.39 is 5.97 Å². The number of nitrogens with zero attached hydrogens (tertiary/aromatic N) is 2. The lowest BCUT2D eigenvalue weighted by molar-refractivity contribution is -0.136. The van der Waals surface area contributed by atoms with Crippen molar-refractivity contribution >= 4 is 17.6 Å². The van der Waals surface area contributed by atoms with Crippen molar-refractivity contribution in [2.24, 2.45) is 0 Å². The lowest BCUT2D eigenvalue weighted by atomic mass is 10.4. The lowest BCUT2D eigenvalue weighted by Gasteiger charge is -2.07. The van der Waals surface area contributed by atoms with Crippen molar-refractivity contribution in [3.05, 3.63) is 12.4 Å². The van der Waals surface area contributed by atoms with Crippen molar-refractivity contribution in [3.8, 4) is 0 Å². The van der Waals surface area contributed by atoms with Crippen LogP contribution in [-0.2, 0) is 9.53 Å². The molecule has 0 aromatic carbocycles. The number of hydrogen-bond donors (Lipinski definition) is 3. The van der Waals surface area contributed by atoms with E-state index in [1.807, 2.05) is 0 Å². The number of ether oxygens (including phenoxy) is 1. The van der Waals surface area contributed by atoms with Crippen molar-refractivity contribution in [1.82, 2.24) is 9.97 Å². The Kier molecular flexibility index (Phi) is 6.49. The zero-order valence-electron chi connectivity index (χ0n) is 10.3. The molecule has 0 atom stereocenters. The number of hydrogen-bond acceptors (Lipinski definition) is 6. The fourth-order valence-corrected chi connectivity index (χ4v) is 1.28. The summed E-state index contributed by atoms with van der Waals surface area (Å²) in [6, 6.07) is 1.74. The van der Waals surface area contributed by atoms with E-state index in [4.69, 9.17) is 9.84 Å². The number of carboxylic acid groups (broad SMARTS) is 1. The van der Waals surface area contributed by atoms with E-state index in [1.54, 1.807) is 13.2 Å². The third-order valence-electron chi connectivity index (χ3n) is 2.14. The molecule has 7 heteroatoms. The number of anilines is 2. The Bertz CT molecular complexity index is 373. The molecular formula is C11H18N4O3. The Morgan fingerprint density at radius 3 is 2.61 bits per heavy atom. The minimum atomic E-state index is -0.838. The number of methoxy groups -OCH3 is 1. The van der Waals surface area contributed by atoms with Gasteiger partial charge >= 0.3 is 5.97 Å². The van der Waals surface area contributed by atoms with Crippen molar-refractivity contribution in [2.75, 3.05) is 37.4 Å². The van der Waals surface area contributed by atoms with Gasteiger partial charge in [0.2, 0.25) is 0 Å². The molecule has 0 spiro atoms. The van der Waals surface area contributed by atoms with E-state index in [2.05, 4.69) is 20.6 Å². The second-order valence-corrected chi connectivity index (χ2v) is 3.63. The van der Waals surface area contributed by atoms with E-state index in [9.17, 15) is 4.79 Å². The van der Waals surface area contributed by atoms with Crippen LogP contribution in [0.4, 0.5) is 11.6 Å². The topological polar surface area (TPSA) is 96.4 Å². The highest BCUT2D eigenvalue weighted by molar-refractivity contribution is 5.67. The number of carbonyl (C=O) groups is 1. The highest BCUT2D eigenvalue weighted by Gasteiger charge is 2.00. The van der Waals surface area contributed by atoms with E-state index in [-0.39, 0.29) is 6.42 Å². The molecule has 0 saturated heterocycles. The second kappa shape index (κ2) is 8.24. The number of nitrogens with one attached hydrogen (secondary N) is 2. The molecule has 18 heavy (non-hydrogen) atoms. The molecule has 1 aromatic heterocycles. The van der Waals surface area contributed by atoms with Crippen LogP contribution in [0.25, 0.3) is 0 Å². The fraction of sp³-hybridized carbons (Fsp3) is 0.545. The SMILES string of the molecule is COCCCNc1cc(NCCC(=O)O)ncn1. The van der Waals surface area contributed by atoms with Crippen molar-refractivity contribution < 1.29 is 14.6 Å². The van der Waals surface area contributed by atoms with Crippen molar-refractivity contribution in [3.63, 3.8) is 0 Å². The standard InChI is InChI=1S/C11H18N4O3/c1-18-6-2-4-12-9-7-10(15-8-14-9)13-5-3-11(16)17/h7-8H,2-6H2,1H3,(H,16,17)(H2,12,13,14,15). The molecule has 0 aliphatic carbocycles. The van der Waals surface area contributed by atoms with E-state index in [1.165, 1.54) is 6.33 Å². The molecule has 3 N–H and O–H groups in total. The maximum atomic E-state index is 10.4. The summed E-state index contributed by atoms with van der Waals surface area (Å²) < 4.78 is 4.94. The van der Waals surface area contributed by atoms with Gasteiger partial charge in [-0.05, 0) is 6.42 Å². The van der Waals surface area contributed by atoms with Crippen LogP contribution >= 0.6 is 0 Å². The monoisotopic (exact) mass is 254 g/mol. The van der Waals surface area contributed by atoms with Gasteiger partial charge in [-0.15, -0.1) is 0 Å². The predicted octanol–water partition coefficient (Wildman–Crippen LogP) is 0.812. The van der Waals surface area contributed by atoms with Crippen LogP contribution in [0.3, 0.4) is 0 Å². The summed E-state index contributed by atoms with van der Waals surface area (Å²) in [6.07, 6.45) is 2.38. The highest BCUT2D eigenvalue weighted by atomic mass is 16.5. The smallest absolute Gasteiger partial charge is 0.305 e. The molecule has 0 aliphatic rings. The summed E-state index contributed by atoms with van der Waals surface area (Å²) in [5.74, 6) is 0.480. The minimum absolute atomic E-state index is 0.0562. The Morgan fingerprint density at radius 1 is 1.33 bits per heavy atom. The molecule has 0 bridgehead atoms. The summed E-state index contributed by atoms with van der Waals surface area (Å²) in [6.45, 7) is 1.80. The molecule has 1 aromatic rings. The quantitative estimate of drug-likeness (QED) is 0.561. The summed E-state index contributed by atoms with van der Waals surface area (Å²) in [7, 11) is 1.66. The zero-order chi connectivity index (χ0) is 13.2. The van der Waals surface area contributed by atoms with Gasteiger partial charge in [0, 0.05) is 32.9 Å². The van der Waals surface area contributed by atoms with Crippen LogP contribution in [0.15, 0.2) is 12.4 Å². The largest absolute Gasteiger partial charge is 0.481 e. The van der Waals surface area contributed by atoms with E-state index in [0.717, 1.165) is 13.0 Å². The highest BCUT2D eigenvalue weighted by Crippen LogP contribution is 2.08. The van der Waals surface area contributed by atoms with Crippen LogP contribution in [0.1, 0.15) is 12.8 Å². The number of aromatic nitrogens is 2. The normalized spacial score (nSPS) is 10.1. The first kappa shape index (κ1) is 14.2. The molecule has 1 rings (SSSR count). The molecule has 7 nitrogen and oxygen atoms in total. The summed E-state index contributed by atoms with van der Waals surface area (Å²) in [4.78, 5) is 18.4. The van der Waals surface area contributed by atoms with Crippen LogP contribution in [0.2, 0.25) is 0 Å². The fourth-order valence-electron chi connectivity index (χ4n) is 1.28. The van der Waals surface area contributed by atoms with Gasteiger partial charge in [0.15, 0.2) is 0 Å². The third-order valence-corrected chi connectivity index (χ3v) is 2.14. The van der Waals surface area contributed by atoms with Crippen molar-refractivity contribution in [2.45, 2.75) is 12.8 Å². The Balaban J connectivity index is 2.34. The van der Waals surface area contributed by atoms with E-state index >= 15 is 0 Å². The van der Waals surface area contributed by atoms with Gasteiger partial charge in [-0.1, -0.05) is 0 Å². The Labute approximate surface area is 106 Å². The number of aliphatic carboxylic acids is 1. The van der Waals surface area contributed by atoms with E-state index in [0.29, 0.717) is 24.8 Å². The maximum Gasteiger partial charge on any atom is 0.305 e. The number of carboxylic acids is 1. The third kappa shape index (κ3) is 6.00. The maximum absolute atomic E-state index is 10.4. The minimum Gasteiger partial charge on any atom is -0.481 e. The molecule has 0 unspecified atom stereocenters. The first-order valence-electron chi connectivity index (χ1n) is 5.73. The molecule has 1 heterocycles. The molecule has 0 aliphatic heterocycles. The van der Waals surface area contributed by atoms with Crippen molar-refractivity contribution in [1.29, 1.82) is 0 Å². The molecular weight excluding hydrogens is 236 g/mol. The summed E-state index contributed by atoms with van der Waals surface area (Å²) in [5.41, 5.74) is 0. The van der Waals surface area contributed by atoms with Gasteiger partial charge in [-0.25, -0.2) is 9.97 Å². The second-order valence-electron chi connectivity index (χ2n) is 3.63. The molecule has 0 radical (unpaired) electrons. The van der Waals surface area contributed by atoms with Crippen LogP contribution in [-0.4, -0.2) is 47.8 Å². The molecule has 0 saturated carbocycles. The van der Waals surface area contributed by atoms with Gasteiger partial charge in [0.05, 0.1) is 6.42 Å². The van der Waals surface area contributed by atoms with Gasteiger partial charge < -0.3 is 20.5 Å². The average molecular weight is 254 g/mol. The zero-order valence-corrected chi connectivity index (χ0v) is 10.3. The van der Waals surface area contributed by atoms with Crippen LogP contribution in [0, 0.1) is 0 Å². The predicted molar refractivity (Wildman–Crippen MR) is 67.8 cm³/mol. The molecule has 0 fully saturated rings. The number of rotatable bonds is 9. The first-order chi connectivity index (χ1) is 8.72. The Hall–Kier alpha value is -1.89. The first-order valence-corrected chi connectivity index (χ1v) is 5.73. The van der Waals surface area contributed by atoms with Gasteiger partial charge in [-0.2, -0.15) is 0 Å². The van der Waals surface area contributed by atoms with Crippen LogP contribution in [0.5, 0.6) is 0 Å².